The van der Waals surface area contributed by atoms with Gasteiger partial charge < -0.3 is 5.32 Å². The van der Waals surface area contributed by atoms with E-state index in [1.165, 1.54) is 29.5 Å². The second-order valence-electron chi connectivity index (χ2n) is 6.55. The van der Waals surface area contributed by atoms with Crippen LogP contribution in [0, 0.1) is 19.3 Å². The first kappa shape index (κ1) is 16.2. The topological polar surface area (TPSA) is 12.0 Å². The third kappa shape index (κ3) is 4.99. The van der Waals surface area contributed by atoms with Crippen LogP contribution in [0.3, 0.4) is 0 Å². The lowest BCUT2D eigenvalue weighted by atomic mass is 9.78. The Morgan fingerprint density at radius 3 is 2.11 bits per heavy atom. The first-order chi connectivity index (χ1) is 8.89. The predicted octanol–water partition coefficient (Wildman–Crippen LogP) is 4.65. The predicted molar refractivity (Wildman–Crippen MR) is 85.8 cm³/mol. The van der Waals surface area contributed by atoms with Gasteiger partial charge in [0.25, 0.3) is 0 Å². The lowest BCUT2D eigenvalue weighted by Gasteiger charge is -2.35. The van der Waals surface area contributed by atoms with Crippen LogP contribution in [0.4, 0.5) is 0 Å². The van der Waals surface area contributed by atoms with Crippen LogP contribution in [0.2, 0.25) is 0 Å². The highest BCUT2D eigenvalue weighted by Crippen LogP contribution is 2.27. The summed E-state index contributed by atoms with van der Waals surface area (Å²) in [7, 11) is 0. The van der Waals surface area contributed by atoms with Gasteiger partial charge in [-0.15, -0.1) is 0 Å². The maximum Gasteiger partial charge on any atom is 0.0158 e. The Labute approximate surface area is 119 Å². The summed E-state index contributed by atoms with van der Waals surface area (Å²) < 4.78 is 0. The van der Waals surface area contributed by atoms with Gasteiger partial charge in [0.2, 0.25) is 0 Å². The molecule has 19 heavy (non-hydrogen) atoms. The number of nitrogens with one attached hydrogen (secondary N) is 1. The minimum absolute atomic E-state index is 0.340. The molecule has 0 aliphatic carbocycles. The maximum atomic E-state index is 3.75. The molecule has 0 aliphatic heterocycles. The Kier molecular flexibility index (Phi) is 6.06. The molecule has 0 aliphatic rings. The van der Waals surface area contributed by atoms with Gasteiger partial charge in [-0.1, -0.05) is 57.0 Å². The zero-order valence-electron chi connectivity index (χ0n) is 13.6. The van der Waals surface area contributed by atoms with Crippen LogP contribution >= 0.6 is 0 Å². The number of benzene rings is 1. The molecule has 1 rings (SSSR count). The van der Waals surface area contributed by atoms with Crippen LogP contribution in [-0.2, 0) is 6.42 Å². The van der Waals surface area contributed by atoms with Crippen molar-refractivity contribution in [2.45, 2.75) is 66.8 Å². The van der Waals surface area contributed by atoms with Crippen molar-refractivity contribution in [3.63, 3.8) is 0 Å². The van der Waals surface area contributed by atoms with Gasteiger partial charge in [0.05, 0.1) is 0 Å². The molecule has 1 aromatic carbocycles. The molecule has 1 nitrogen and oxygen atoms in total. The van der Waals surface area contributed by atoms with Crippen LogP contribution < -0.4 is 5.32 Å². The van der Waals surface area contributed by atoms with Crippen LogP contribution in [-0.4, -0.2) is 12.6 Å². The molecule has 0 fully saturated rings. The first-order valence-corrected chi connectivity index (χ1v) is 7.69. The Bertz CT molecular complexity index is 372. The summed E-state index contributed by atoms with van der Waals surface area (Å²) >= 11 is 0. The second kappa shape index (κ2) is 7.09. The fourth-order valence-electron chi connectivity index (χ4n) is 2.61. The summed E-state index contributed by atoms with van der Waals surface area (Å²) in [6.07, 6.45) is 3.53. The van der Waals surface area contributed by atoms with Crippen LogP contribution in [0.1, 0.15) is 57.2 Å². The molecule has 0 saturated heterocycles. The molecule has 0 bridgehead atoms. The van der Waals surface area contributed by atoms with Gasteiger partial charge in [0.1, 0.15) is 0 Å². The van der Waals surface area contributed by atoms with Crippen molar-refractivity contribution in [3.8, 4) is 0 Å². The van der Waals surface area contributed by atoms with E-state index >= 15 is 0 Å². The van der Waals surface area contributed by atoms with Crippen molar-refractivity contribution in [3.05, 3.63) is 34.9 Å². The van der Waals surface area contributed by atoms with Gasteiger partial charge in [-0.3, -0.25) is 0 Å². The fraction of sp³-hybridized carbons (Fsp3) is 0.667. The van der Waals surface area contributed by atoms with Gasteiger partial charge in [0, 0.05) is 6.04 Å². The normalized spacial score (nSPS) is 13.6. The van der Waals surface area contributed by atoms with Gasteiger partial charge in [-0.2, -0.15) is 0 Å². The highest BCUT2D eigenvalue weighted by molar-refractivity contribution is 5.29. The molecule has 0 radical (unpaired) electrons. The summed E-state index contributed by atoms with van der Waals surface area (Å²) in [5, 5.41) is 3.75. The van der Waals surface area contributed by atoms with Gasteiger partial charge in [-0.25, -0.2) is 0 Å². The molecule has 0 saturated carbocycles. The smallest absolute Gasteiger partial charge is 0.0158 e. The molecule has 0 heterocycles. The lowest BCUT2D eigenvalue weighted by molar-refractivity contribution is 0.230. The fourth-order valence-corrected chi connectivity index (χ4v) is 2.61. The van der Waals surface area contributed by atoms with Crippen LogP contribution in [0.25, 0.3) is 0 Å². The summed E-state index contributed by atoms with van der Waals surface area (Å²) in [4.78, 5) is 0. The number of hydrogen-bond donors (Lipinski definition) is 1. The summed E-state index contributed by atoms with van der Waals surface area (Å²) in [6, 6.07) is 7.47. The van der Waals surface area contributed by atoms with Crippen molar-refractivity contribution >= 4 is 0 Å². The van der Waals surface area contributed by atoms with Crippen molar-refractivity contribution in [1.82, 2.24) is 5.32 Å². The number of rotatable bonds is 7. The third-order valence-corrected chi connectivity index (χ3v) is 4.22. The molecule has 0 amide bonds. The quantitative estimate of drug-likeness (QED) is 0.753. The van der Waals surface area contributed by atoms with E-state index in [-0.39, 0.29) is 0 Å². The minimum Gasteiger partial charge on any atom is -0.313 e. The molecular formula is C18H31N. The molecule has 108 valence electrons. The van der Waals surface area contributed by atoms with Crippen molar-refractivity contribution in [2.24, 2.45) is 5.41 Å². The van der Waals surface area contributed by atoms with E-state index in [9.17, 15) is 0 Å². The zero-order chi connectivity index (χ0) is 14.5. The zero-order valence-corrected chi connectivity index (χ0v) is 13.6. The van der Waals surface area contributed by atoms with E-state index in [0.29, 0.717) is 11.5 Å². The highest BCUT2D eigenvalue weighted by atomic mass is 14.9. The van der Waals surface area contributed by atoms with E-state index < -0.39 is 0 Å². The Hall–Kier alpha value is -0.820. The van der Waals surface area contributed by atoms with E-state index in [4.69, 9.17) is 0 Å². The second-order valence-corrected chi connectivity index (χ2v) is 6.55. The third-order valence-electron chi connectivity index (χ3n) is 4.22. The van der Waals surface area contributed by atoms with Crippen molar-refractivity contribution < 1.29 is 0 Å². The minimum atomic E-state index is 0.340. The van der Waals surface area contributed by atoms with Crippen LogP contribution in [0.15, 0.2) is 18.2 Å². The molecule has 1 unspecified atom stereocenters. The Balaban J connectivity index is 2.87. The number of hydrogen-bond acceptors (Lipinski definition) is 1. The highest BCUT2D eigenvalue weighted by Gasteiger charge is 2.27. The van der Waals surface area contributed by atoms with E-state index in [1.807, 2.05) is 0 Å². The molecule has 0 spiro atoms. The number of aryl methyl sites for hydroxylation is 2. The Morgan fingerprint density at radius 1 is 1.05 bits per heavy atom. The molecule has 0 aromatic heterocycles. The van der Waals surface area contributed by atoms with Crippen LogP contribution in [0.5, 0.6) is 0 Å². The summed E-state index contributed by atoms with van der Waals surface area (Å²) in [5.41, 5.74) is 4.55. The first-order valence-electron chi connectivity index (χ1n) is 7.69. The van der Waals surface area contributed by atoms with Crippen molar-refractivity contribution in [1.29, 1.82) is 0 Å². The average molecular weight is 261 g/mol. The lowest BCUT2D eigenvalue weighted by Crippen LogP contribution is -2.43. The monoisotopic (exact) mass is 261 g/mol. The largest absolute Gasteiger partial charge is 0.313 e. The molecular weight excluding hydrogens is 230 g/mol. The van der Waals surface area contributed by atoms with E-state index in [2.05, 4.69) is 65.1 Å². The van der Waals surface area contributed by atoms with Crippen molar-refractivity contribution in [2.75, 3.05) is 6.54 Å². The Morgan fingerprint density at radius 2 is 1.63 bits per heavy atom. The van der Waals surface area contributed by atoms with E-state index in [1.54, 1.807) is 0 Å². The summed E-state index contributed by atoms with van der Waals surface area (Å²) in [6.45, 7) is 14.8. The molecule has 1 N–H and O–H groups in total. The van der Waals surface area contributed by atoms with Gasteiger partial charge >= 0.3 is 0 Å². The van der Waals surface area contributed by atoms with E-state index in [0.717, 1.165) is 13.0 Å². The summed E-state index contributed by atoms with van der Waals surface area (Å²) in [5.74, 6) is 0. The molecule has 1 aromatic rings. The SMILES string of the molecule is CCCNC(Cc1cc(C)cc(C)c1)C(C)(C)CC. The molecule has 1 heteroatoms. The van der Waals surface area contributed by atoms with Gasteiger partial charge in [-0.05, 0) is 50.6 Å². The molecule has 1 atom stereocenters. The average Bonchev–Trinajstić information content (AvgIpc) is 2.33. The maximum absolute atomic E-state index is 3.75. The van der Waals surface area contributed by atoms with Gasteiger partial charge in [0.15, 0.2) is 0 Å². The standard InChI is InChI=1S/C18H31N/c1-7-9-19-17(18(5,6)8-2)13-16-11-14(3)10-15(4)12-16/h10-12,17,19H,7-9,13H2,1-6H3.